The third-order valence-corrected chi connectivity index (χ3v) is 3.87. The zero-order valence-corrected chi connectivity index (χ0v) is 12.4. The molecular formula is C16H26N2O. The topological polar surface area (TPSA) is 38.5 Å². The Hall–Kier alpha value is -0.900. The Balaban J connectivity index is 1.95. The van der Waals surface area contributed by atoms with Crippen LogP contribution in [0, 0.1) is 6.92 Å². The summed E-state index contributed by atoms with van der Waals surface area (Å²) in [6.07, 6.45) is 1.39. The summed E-state index contributed by atoms with van der Waals surface area (Å²) in [5.41, 5.74) is 10.3. The maximum atomic E-state index is 5.97. The first kappa shape index (κ1) is 14.5. The molecule has 0 saturated heterocycles. The summed E-state index contributed by atoms with van der Waals surface area (Å²) in [6.45, 7) is 9.98. The number of hydrogen-bond acceptors (Lipinski definition) is 3. The molecule has 1 aromatic carbocycles. The third-order valence-electron chi connectivity index (χ3n) is 3.87. The molecule has 0 amide bonds. The van der Waals surface area contributed by atoms with Crippen molar-refractivity contribution in [1.29, 1.82) is 0 Å². The summed E-state index contributed by atoms with van der Waals surface area (Å²) in [7, 11) is 0. The first-order valence-corrected chi connectivity index (χ1v) is 7.27. The Morgan fingerprint density at radius 2 is 2.21 bits per heavy atom. The fourth-order valence-electron chi connectivity index (χ4n) is 2.86. The monoisotopic (exact) mass is 262 g/mol. The Bertz CT molecular complexity index is 417. The molecular weight excluding hydrogens is 236 g/mol. The van der Waals surface area contributed by atoms with Gasteiger partial charge in [-0.1, -0.05) is 18.2 Å². The Labute approximate surface area is 116 Å². The van der Waals surface area contributed by atoms with Crippen LogP contribution in [-0.2, 0) is 11.3 Å². The molecule has 0 aromatic heterocycles. The van der Waals surface area contributed by atoms with Gasteiger partial charge in [0.25, 0.3) is 0 Å². The predicted octanol–water partition coefficient (Wildman–Crippen LogP) is 2.63. The number of nitrogens with two attached hydrogens (primary N) is 1. The third kappa shape index (κ3) is 3.35. The number of aryl methyl sites for hydroxylation is 1. The summed E-state index contributed by atoms with van der Waals surface area (Å²) in [6, 6.07) is 6.94. The zero-order chi connectivity index (χ0) is 13.8. The van der Waals surface area contributed by atoms with Gasteiger partial charge in [-0.05, 0) is 43.9 Å². The van der Waals surface area contributed by atoms with Crippen molar-refractivity contribution in [2.24, 2.45) is 5.73 Å². The lowest BCUT2D eigenvalue weighted by atomic mass is 10.0. The average Bonchev–Trinajstić information content (AvgIpc) is 2.73. The van der Waals surface area contributed by atoms with E-state index in [1.54, 1.807) is 0 Å². The molecule has 0 bridgehead atoms. The first-order chi connectivity index (χ1) is 9.13. The van der Waals surface area contributed by atoms with Crippen molar-refractivity contribution >= 4 is 0 Å². The summed E-state index contributed by atoms with van der Waals surface area (Å²) in [5, 5.41) is 0. The molecule has 1 aromatic rings. The molecule has 3 nitrogen and oxygen atoms in total. The Morgan fingerprint density at radius 3 is 2.89 bits per heavy atom. The highest BCUT2D eigenvalue weighted by Crippen LogP contribution is 2.34. The number of nitrogens with zero attached hydrogens (tertiary/aromatic N) is 1. The van der Waals surface area contributed by atoms with Gasteiger partial charge in [0.15, 0.2) is 0 Å². The highest BCUT2D eigenvalue weighted by Gasteiger charge is 2.29. The molecule has 1 aliphatic heterocycles. The fourth-order valence-corrected chi connectivity index (χ4v) is 2.86. The van der Waals surface area contributed by atoms with Crippen LogP contribution >= 0.6 is 0 Å². The van der Waals surface area contributed by atoms with Crippen molar-refractivity contribution in [3.63, 3.8) is 0 Å². The molecule has 1 heterocycles. The van der Waals surface area contributed by atoms with Crippen LogP contribution in [0.15, 0.2) is 18.2 Å². The van der Waals surface area contributed by atoms with Crippen LogP contribution in [-0.4, -0.2) is 30.7 Å². The van der Waals surface area contributed by atoms with Crippen LogP contribution in [0.25, 0.3) is 0 Å². The smallest absolute Gasteiger partial charge is 0.0518 e. The molecule has 0 aliphatic carbocycles. The number of ether oxygens (including phenoxy) is 1. The largest absolute Gasteiger partial charge is 0.379 e. The molecule has 0 radical (unpaired) electrons. The van der Waals surface area contributed by atoms with E-state index >= 15 is 0 Å². The van der Waals surface area contributed by atoms with E-state index in [1.165, 1.54) is 16.7 Å². The van der Waals surface area contributed by atoms with Gasteiger partial charge in [0.1, 0.15) is 0 Å². The number of fused-ring (bicyclic) bond motifs is 1. The van der Waals surface area contributed by atoms with Gasteiger partial charge in [0.05, 0.1) is 6.10 Å². The first-order valence-electron chi connectivity index (χ1n) is 7.27. The SMILES string of the molecule is Cc1cccc2c1CN(CCCOC(C)C)C2CN. The molecule has 1 atom stereocenters. The number of rotatable bonds is 6. The van der Waals surface area contributed by atoms with Crippen molar-refractivity contribution in [3.05, 3.63) is 34.9 Å². The van der Waals surface area contributed by atoms with Crippen molar-refractivity contribution < 1.29 is 4.74 Å². The van der Waals surface area contributed by atoms with Crippen LogP contribution in [0.1, 0.15) is 43.0 Å². The fraction of sp³-hybridized carbons (Fsp3) is 0.625. The quantitative estimate of drug-likeness (QED) is 0.801. The molecule has 1 unspecified atom stereocenters. The Kier molecular flexibility index (Phi) is 4.97. The molecule has 1 aliphatic rings. The lowest BCUT2D eigenvalue weighted by Gasteiger charge is -2.23. The number of benzene rings is 1. The molecule has 0 saturated carbocycles. The van der Waals surface area contributed by atoms with E-state index in [9.17, 15) is 0 Å². The summed E-state index contributed by atoms with van der Waals surface area (Å²) in [5.74, 6) is 0. The molecule has 0 fully saturated rings. The van der Waals surface area contributed by atoms with E-state index in [0.29, 0.717) is 18.7 Å². The molecule has 2 N–H and O–H groups in total. The van der Waals surface area contributed by atoms with Gasteiger partial charge in [-0.25, -0.2) is 0 Å². The van der Waals surface area contributed by atoms with Crippen LogP contribution in [0.3, 0.4) is 0 Å². The van der Waals surface area contributed by atoms with Gasteiger partial charge in [-0.2, -0.15) is 0 Å². The summed E-state index contributed by atoms with van der Waals surface area (Å²) >= 11 is 0. The molecule has 2 rings (SSSR count). The van der Waals surface area contributed by atoms with Gasteiger partial charge in [0.2, 0.25) is 0 Å². The van der Waals surface area contributed by atoms with E-state index in [2.05, 4.69) is 43.9 Å². The van der Waals surface area contributed by atoms with E-state index in [-0.39, 0.29) is 0 Å². The molecule has 106 valence electrons. The maximum Gasteiger partial charge on any atom is 0.0518 e. The second-order valence-corrected chi connectivity index (χ2v) is 5.64. The summed E-state index contributed by atoms with van der Waals surface area (Å²) in [4.78, 5) is 2.49. The van der Waals surface area contributed by atoms with Crippen LogP contribution < -0.4 is 5.73 Å². The van der Waals surface area contributed by atoms with Gasteiger partial charge in [0, 0.05) is 32.3 Å². The minimum Gasteiger partial charge on any atom is -0.379 e. The van der Waals surface area contributed by atoms with Gasteiger partial charge in [-0.3, -0.25) is 4.90 Å². The predicted molar refractivity (Wildman–Crippen MR) is 79.1 cm³/mol. The van der Waals surface area contributed by atoms with Gasteiger partial charge >= 0.3 is 0 Å². The highest BCUT2D eigenvalue weighted by molar-refractivity contribution is 5.40. The maximum absolute atomic E-state index is 5.97. The highest BCUT2D eigenvalue weighted by atomic mass is 16.5. The van der Waals surface area contributed by atoms with Crippen molar-refractivity contribution in [2.75, 3.05) is 19.7 Å². The zero-order valence-electron chi connectivity index (χ0n) is 12.4. The average molecular weight is 262 g/mol. The van der Waals surface area contributed by atoms with E-state index < -0.39 is 0 Å². The van der Waals surface area contributed by atoms with E-state index in [1.807, 2.05) is 0 Å². The second kappa shape index (κ2) is 6.51. The summed E-state index contributed by atoms with van der Waals surface area (Å²) < 4.78 is 5.61. The van der Waals surface area contributed by atoms with Crippen LogP contribution in [0.2, 0.25) is 0 Å². The minimum atomic E-state index is 0.323. The standard InChI is InChI=1S/C16H26N2O/c1-12(2)19-9-5-8-18-11-15-13(3)6-4-7-14(15)16(18)10-17/h4,6-7,12,16H,5,8-11,17H2,1-3H3. The normalized spacial score (nSPS) is 19.1. The lowest BCUT2D eigenvalue weighted by molar-refractivity contribution is 0.0675. The van der Waals surface area contributed by atoms with E-state index in [4.69, 9.17) is 10.5 Å². The molecule has 0 spiro atoms. The van der Waals surface area contributed by atoms with Crippen molar-refractivity contribution in [1.82, 2.24) is 4.90 Å². The minimum absolute atomic E-state index is 0.323. The number of hydrogen-bond donors (Lipinski definition) is 1. The van der Waals surface area contributed by atoms with Crippen molar-refractivity contribution in [3.8, 4) is 0 Å². The van der Waals surface area contributed by atoms with E-state index in [0.717, 1.165) is 26.1 Å². The Morgan fingerprint density at radius 1 is 1.42 bits per heavy atom. The molecule has 19 heavy (non-hydrogen) atoms. The van der Waals surface area contributed by atoms with Crippen molar-refractivity contribution in [2.45, 2.75) is 45.9 Å². The van der Waals surface area contributed by atoms with Crippen LogP contribution in [0.4, 0.5) is 0 Å². The van der Waals surface area contributed by atoms with Gasteiger partial charge < -0.3 is 10.5 Å². The lowest BCUT2D eigenvalue weighted by Crippen LogP contribution is -2.29. The van der Waals surface area contributed by atoms with Crippen LogP contribution in [0.5, 0.6) is 0 Å². The van der Waals surface area contributed by atoms with Gasteiger partial charge in [-0.15, -0.1) is 0 Å². The second-order valence-electron chi connectivity index (χ2n) is 5.64. The molecule has 3 heteroatoms.